The van der Waals surface area contributed by atoms with E-state index < -0.39 is 0 Å². The van der Waals surface area contributed by atoms with Gasteiger partial charge in [0.2, 0.25) is 5.96 Å². The molecule has 0 spiro atoms. The molecule has 1 N–H and O–H groups in total. The third kappa shape index (κ3) is 3.48. The Morgan fingerprint density at radius 3 is 1.69 bits per heavy atom. The van der Waals surface area contributed by atoms with Crippen LogP contribution >= 0.6 is 0 Å². The molecule has 0 saturated carbocycles. The number of pyridine rings is 1. The highest BCUT2D eigenvalue weighted by atomic mass is 16.1. The quantitative estimate of drug-likeness (QED) is 0.124. The predicted octanol–water partition coefficient (Wildman–Crippen LogP) is 8.83. The Morgan fingerprint density at radius 2 is 1.00 bits per heavy atom. The molecule has 9 aromatic rings. The van der Waals surface area contributed by atoms with E-state index in [0.29, 0.717) is 5.39 Å². The van der Waals surface area contributed by atoms with Crippen LogP contribution < -0.4 is 5.56 Å². The minimum absolute atomic E-state index is 0.0140. The number of nitrogens with zero attached hydrogens (tertiary/aromatic N) is 4. The molecule has 45 heavy (non-hydrogen) atoms. The molecular formula is C39H25N5O. The Bertz CT molecular complexity index is 2750. The number of para-hydroxylation sites is 4. The molecule has 0 amide bonds. The standard InChI is InChI=1S/C39H25N5O/c1-41-39(40)44-34-19-11-9-17-27(34)29-20-28-31-21-30-26-16-8-10-18-33(26)42(24-12-4-2-5-13-24)36(30)23-37(31)43(25-14-6-3-7-15-25)38(45)32(28)22-35(29)44/h2-23,40H,1H2. The van der Waals surface area contributed by atoms with Crippen molar-refractivity contribution in [2.24, 2.45) is 4.99 Å². The first kappa shape index (κ1) is 25.2. The van der Waals surface area contributed by atoms with Gasteiger partial charge in [-0.1, -0.05) is 72.8 Å². The van der Waals surface area contributed by atoms with Gasteiger partial charge in [0.15, 0.2) is 0 Å². The van der Waals surface area contributed by atoms with Crippen LogP contribution in [0.25, 0.3) is 76.7 Å². The van der Waals surface area contributed by atoms with Gasteiger partial charge in [-0.25, -0.2) is 4.99 Å². The van der Waals surface area contributed by atoms with Crippen molar-refractivity contribution in [1.82, 2.24) is 13.7 Å². The van der Waals surface area contributed by atoms with Crippen LogP contribution in [0, 0.1) is 5.41 Å². The molecule has 0 aliphatic heterocycles. The highest BCUT2D eigenvalue weighted by Crippen LogP contribution is 2.39. The van der Waals surface area contributed by atoms with Gasteiger partial charge in [-0.2, -0.15) is 0 Å². The molecule has 0 aliphatic rings. The van der Waals surface area contributed by atoms with Crippen molar-refractivity contribution < 1.29 is 0 Å². The van der Waals surface area contributed by atoms with E-state index in [-0.39, 0.29) is 11.5 Å². The number of aromatic nitrogens is 3. The van der Waals surface area contributed by atoms with Crippen LogP contribution in [-0.4, -0.2) is 26.4 Å². The number of nitrogens with one attached hydrogen (secondary N) is 1. The lowest BCUT2D eigenvalue weighted by Gasteiger charge is -2.15. The van der Waals surface area contributed by atoms with Crippen molar-refractivity contribution in [3.05, 3.63) is 144 Å². The summed E-state index contributed by atoms with van der Waals surface area (Å²) in [5.74, 6) is 0.0140. The topological polar surface area (TPSA) is 68.1 Å². The van der Waals surface area contributed by atoms with Crippen LogP contribution in [0.3, 0.4) is 0 Å². The molecule has 0 saturated heterocycles. The van der Waals surface area contributed by atoms with Crippen molar-refractivity contribution in [3.63, 3.8) is 0 Å². The summed E-state index contributed by atoms with van der Waals surface area (Å²) < 4.78 is 5.86. The Balaban J connectivity index is 1.53. The van der Waals surface area contributed by atoms with E-state index in [4.69, 9.17) is 5.41 Å². The number of hydrogen-bond acceptors (Lipinski definition) is 2. The van der Waals surface area contributed by atoms with Gasteiger partial charge in [0.25, 0.3) is 5.56 Å². The average Bonchev–Trinajstić information content (AvgIpc) is 3.59. The summed E-state index contributed by atoms with van der Waals surface area (Å²) in [6.45, 7) is 3.62. The zero-order chi connectivity index (χ0) is 30.2. The van der Waals surface area contributed by atoms with E-state index in [1.54, 1.807) is 4.57 Å². The second-order valence-electron chi connectivity index (χ2n) is 11.3. The normalized spacial score (nSPS) is 11.8. The number of fused-ring (bicyclic) bond motifs is 9. The zero-order valence-electron chi connectivity index (χ0n) is 24.1. The number of benzene rings is 6. The lowest BCUT2D eigenvalue weighted by molar-refractivity contribution is 1.06. The second-order valence-corrected chi connectivity index (χ2v) is 11.3. The number of rotatable bonds is 2. The lowest BCUT2D eigenvalue weighted by atomic mass is 10.0. The summed E-state index contributed by atoms with van der Waals surface area (Å²) in [4.78, 5) is 18.6. The van der Waals surface area contributed by atoms with Crippen molar-refractivity contribution in [2.45, 2.75) is 0 Å². The molecule has 0 bridgehead atoms. The molecule has 3 heterocycles. The highest BCUT2D eigenvalue weighted by Gasteiger charge is 2.21. The minimum atomic E-state index is -0.123. The Morgan fingerprint density at radius 1 is 0.489 bits per heavy atom. The van der Waals surface area contributed by atoms with E-state index in [1.807, 2.05) is 77.4 Å². The van der Waals surface area contributed by atoms with Crippen LogP contribution in [0.1, 0.15) is 0 Å². The molecule has 0 fully saturated rings. The molecule has 6 nitrogen and oxygen atoms in total. The van der Waals surface area contributed by atoms with E-state index in [2.05, 4.69) is 76.9 Å². The van der Waals surface area contributed by atoms with E-state index in [9.17, 15) is 4.79 Å². The Labute approximate surface area is 256 Å². The first-order chi connectivity index (χ1) is 22.1. The molecule has 0 aliphatic carbocycles. The second kappa shape index (κ2) is 9.36. The summed E-state index contributed by atoms with van der Waals surface area (Å²) in [5, 5.41) is 15.2. The fraction of sp³-hybridized carbons (Fsp3) is 0. The smallest absolute Gasteiger partial charge is 0.263 e. The maximum absolute atomic E-state index is 14.7. The zero-order valence-corrected chi connectivity index (χ0v) is 24.1. The van der Waals surface area contributed by atoms with E-state index in [0.717, 1.165) is 71.3 Å². The summed E-state index contributed by atoms with van der Waals surface area (Å²) in [6.07, 6.45) is 0. The highest BCUT2D eigenvalue weighted by molar-refractivity contribution is 6.22. The van der Waals surface area contributed by atoms with Gasteiger partial charge in [0, 0.05) is 38.3 Å². The molecule has 6 heteroatoms. The fourth-order valence-electron chi connectivity index (χ4n) is 7.04. The summed E-state index contributed by atoms with van der Waals surface area (Å²) in [6, 6.07) is 45.0. The molecule has 212 valence electrons. The third-order valence-electron chi connectivity index (χ3n) is 8.96. The van der Waals surface area contributed by atoms with Crippen LogP contribution in [-0.2, 0) is 0 Å². The average molecular weight is 580 g/mol. The summed E-state index contributed by atoms with van der Waals surface area (Å²) in [7, 11) is 0. The van der Waals surface area contributed by atoms with Gasteiger partial charge in [0.05, 0.1) is 33.0 Å². The van der Waals surface area contributed by atoms with Crippen molar-refractivity contribution in [3.8, 4) is 11.4 Å². The fourth-order valence-corrected chi connectivity index (χ4v) is 7.04. The van der Waals surface area contributed by atoms with Gasteiger partial charge >= 0.3 is 0 Å². The summed E-state index contributed by atoms with van der Waals surface area (Å²) >= 11 is 0. The molecule has 0 atom stereocenters. The van der Waals surface area contributed by atoms with Gasteiger partial charge in [-0.05, 0) is 72.8 Å². The predicted molar refractivity (Wildman–Crippen MR) is 187 cm³/mol. The Hall–Kier alpha value is -6.27. The molecule has 0 unspecified atom stereocenters. The SMILES string of the molecule is C=NC(=N)n1c2ccccc2c2cc3c(cc21)c(=O)n(-c1ccccc1)c1cc2c(cc31)c1ccccc1n2-c1ccccc1. The third-order valence-corrected chi connectivity index (χ3v) is 8.96. The maximum Gasteiger partial charge on any atom is 0.263 e. The van der Waals surface area contributed by atoms with Crippen molar-refractivity contribution >= 4 is 78.0 Å². The van der Waals surface area contributed by atoms with Gasteiger partial charge < -0.3 is 4.57 Å². The van der Waals surface area contributed by atoms with Gasteiger partial charge in [0.1, 0.15) is 0 Å². The van der Waals surface area contributed by atoms with Crippen LogP contribution in [0.5, 0.6) is 0 Å². The Kier molecular flexibility index (Phi) is 5.25. The van der Waals surface area contributed by atoms with Crippen molar-refractivity contribution in [1.29, 1.82) is 5.41 Å². The number of aliphatic imine (C=N–C) groups is 1. The summed E-state index contributed by atoms with van der Waals surface area (Å²) in [5.41, 5.74) is 6.29. The molecule has 6 aromatic carbocycles. The monoisotopic (exact) mass is 579 g/mol. The largest absolute Gasteiger partial charge is 0.309 e. The first-order valence-electron chi connectivity index (χ1n) is 14.8. The van der Waals surface area contributed by atoms with E-state index >= 15 is 0 Å². The molecule has 3 aromatic heterocycles. The minimum Gasteiger partial charge on any atom is -0.309 e. The van der Waals surface area contributed by atoms with Crippen LogP contribution in [0.4, 0.5) is 0 Å². The lowest BCUT2D eigenvalue weighted by Crippen LogP contribution is -2.19. The van der Waals surface area contributed by atoms with Crippen LogP contribution in [0.15, 0.2) is 143 Å². The molecule has 9 rings (SSSR count). The maximum atomic E-state index is 14.7. The van der Waals surface area contributed by atoms with Crippen molar-refractivity contribution in [2.75, 3.05) is 0 Å². The first-order valence-corrected chi connectivity index (χ1v) is 14.8. The number of hydrogen-bond donors (Lipinski definition) is 1. The van der Waals surface area contributed by atoms with Crippen LogP contribution in [0.2, 0.25) is 0 Å². The molecule has 0 radical (unpaired) electrons. The van der Waals surface area contributed by atoms with Gasteiger partial charge in [-0.15, -0.1) is 0 Å². The molecular weight excluding hydrogens is 554 g/mol. The van der Waals surface area contributed by atoms with E-state index in [1.165, 1.54) is 0 Å². The van der Waals surface area contributed by atoms with Gasteiger partial charge in [-0.3, -0.25) is 19.3 Å².